The SMILES string of the molecule is CCn1c(C2CCN(c3ccc(C(=O)c4nccn4C)cc3[N+](=O)[O-])CC2)n[nH]c1=S. The largest absolute Gasteiger partial charge is 0.366 e. The molecule has 3 aromatic rings. The van der Waals surface area contributed by atoms with E-state index in [2.05, 4.69) is 15.2 Å². The Bertz CT molecular complexity index is 1190. The molecule has 11 heteroatoms. The Morgan fingerprint density at radius 3 is 2.71 bits per heavy atom. The molecule has 162 valence electrons. The van der Waals surface area contributed by atoms with Crippen LogP contribution in [0.25, 0.3) is 0 Å². The van der Waals surface area contributed by atoms with Crippen LogP contribution in [0.2, 0.25) is 0 Å². The fraction of sp³-hybridized carbons (Fsp3) is 0.400. The van der Waals surface area contributed by atoms with Crippen LogP contribution in [0.4, 0.5) is 11.4 Å². The first-order valence-electron chi connectivity index (χ1n) is 10.1. The van der Waals surface area contributed by atoms with E-state index in [1.807, 2.05) is 16.4 Å². The Hall–Kier alpha value is -3.34. The second-order valence-electron chi connectivity index (χ2n) is 7.54. The number of hydrogen-bond donors (Lipinski definition) is 1. The number of anilines is 1. The number of carbonyl (C=O) groups is 1. The molecule has 1 N–H and O–H groups in total. The fourth-order valence-electron chi connectivity index (χ4n) is 4.12. The monoisotopic (exact) mass is 441 g/mol. The van der Waals surface area contributed by atoms with E-state index < -0.39 is 4.92 Å². The molecule has 31 heavy (non-hydrogen) atoms. The molecule has 0 radical (unpaired) electrons. The number of aromatic amines is 1. The van der Waals surface area contributed by atoms with Crippen molar-refractivity contribution in [2.45, 2.75) is 32.2 Å². The summed E-state index contributed by atoms with van der Waals surface area (Å²) < 4.78 is 4.21. The van der Waals surface area contributed by atoms with Crippen molar-refractivity contribution in [3.05, 3.63) is 62.7 Å². The number of carbonyl (C=O) groups excluding carboxylic acids is 1. The molecule has 2 aromatic heterocycles. The number of nitro groups is 1. The normalized spacial score (nSPS) is 14.7. The second kappa shape index (κ2) is 8.42. The molecule has 0 bridgehead atoms. The molecule has 0 atom stereocenters. The van der Waals surface area contributed by atoms with Gasteiger partial charge in [-0.3, -0.25) is 20.0 Å². The Kier molecular flexibility index (Phi) is 5.68. The summed E-state index contributed by atoms with van der Waals surface area (Å²) in [6.45, 7) is 4.09. The molecule has 3 heterocycles. The molecule has 0 unspecified atom stereocenters. The number of ketones is 1. The smallest absolute Gasteiger partial charge is 0.293 e. The lowest BCUT2D eigenvalue weighted by Gasteiger charge is -2.33. The molecule has 0 spiro atoms. The lowest BCUT2D eigenvalue weighted by atomic mass is 9.95. The minimum atomic E-state index is -0.432. The van der Waals surface area contributed by atoms with E-state index in [9.17, 15) is 14.9 Å². The summed E-state index contributed by atoms with van der Waals surface area (Å²) in [5.41, 5.74) is 0.696. The predicted octanol–water partition coefficient (Wildman–Crippen LogP) is 3.22. The Morgan fingerprint density at radius 2 is 2.10 bits per heavy atom. The van der Waals surface area contributed by atoms with Crippen LogP contribution in [0.15, 0.2) is 30.6 Å². The van der Waals surface area contributed by atoms with E-state index in [1.165, 1.54) is 12.3 Å². The van der Waals surface area contributed by atoms with Crippen LogP contribution in [0.5, 0.6) is 0 Å². The Morgan fingerprint density at radius 1 is 1.35 bits per heavy atom. The van der Waals surface area contributed by atoms with Gasteiger partial charge in [0.2, 0.25) is 5.78 Å². The first-order chi connectivity index (χ1) is 14.9. The Labute approximate surface area is 183 Å². The van der Waals surface area contributed by atoms with E-state index in [4.69, 9.17) is 12.2 Å². The highest BCUT2D eigenvalue weighted by Crippen LogP contribution is 2.35. The van der Waals surface area contributed by atoms with Gasteiger partial charge in [-0.1, -0.05) is 0 Å². The van der Waals surface area contributed by atoms with E-state index in [0.29, 0.717) is 23.5 Å². The van der Waals surface area contributed by atoms with Crippen molar-refractivity contribution >= 4 is 29.4 Å². The minimum Gasteiger partial charge on any atom is -0.366 e. The number of aromatic nitrogens is 5. The molecule has 1 fully saturated rings. The Balaban J connectivity index is 1.56. The van der Waals surface area contributed by atoms with Crippen molar-refractivity contribution < 1.29 is 9.72 Å². The maximum atomic E-state index is 12.7. The van der Waals surface area contributed by atoms with Crippen molar-refractivity contribution in [2.75, 3.05) is 18.0 Å². The third kappa shape index (κ3) is 3.88. The van der Waals surface area contributed by atoms with Gasteiger partial charge in [-0.25, -0.2) is 4.98 Å². The van der Waals surface area contributed by atoms with Gasteiger partial charge in [0.25, 0.3) is 5.69 Å². The fourth-order valence-corrected chi connectivity index (χ4v) is 4.39. The standard InChI is InChI=1S/C20H23N7O3S/c1-3-26-18(22-23-20(26)31)13-6-9-25(10-7-13)15-5-4-14(12-16(15)27(29)30)17(28)19-21-8-11-24(19)2/h4-5,8,11-13H,3,6-7,9-10H2,1-2H3,(H,23,31). The van der Waals surface area contributed by atoms with E-state index in [-0.39, 0.29) is 28.8 Å². The summed E-state index contributed by atoms with van der Waals surface area (Å²) >= 11 is 5.28. The number of nitrogens with zero attached hydrogens (tertiary/aromatic N) is 6. The molecule has 1 aliphatic rings. The topological polar surface area (TPSA) is 115 Å². The van der Waals surface area contributed by atoms with Crippen LogP contribution in [-0.2, 0) is 13.6 Å². The van der Waals surface area contributed by atoms with Crippen LogP contribution >= 0.6 is 12.2 Å². The van der Waals surface area contributed by atoms with E-state index in [0.717, 1.165) is 25.2 Å². The third-order valence-corrected chi connectivity index (χ3v) is 6.08. The van der Waals surface area contributed by atoms with Gasteiger partial charge in [-0.05, 0) is 44.1 Å². The highest BCUT2D eigenvalue weighted by Gasteiger charge is 2.29. The summed E-state index contributed by atoms with van der Waals surface area (Å²) in [6.07, 6.45) is 4.81. The first kappa shape index (κ1) is 20.9. The number of rotatable bonds is 6. The van der Waals surface area contributed by atoms with Gasteiger partial charge in [0.05, 0.1) is 4.92 Å². The molecule has 0 amide bonds. The maximum absolute atomic E-state index is 12.7. The zero-order chi connectivity index (χ0) is 22.1. The summed E-state index contributed by atoms with van der Waals surface area (Å²) in [5, 5.41) is 19.0. The van der Waals surface area contributed by atoms with Crippen molar-refractivity contribution in [3.63, 3.8) is 0 Å². The average Bonchev–Trinajstić information content (AvgIpc) is 3.37. The number of imidazole rings is 1. The molecule has 1 saturated heterocycles. The number of nitrogens with one attached hydrogen (secondary N) is 1. The summed E-state index contributed by atoms with van der Waals surface area (Å²) in [5.74, 6) is 1.08. The number of hydrogen-bond acceptors (Lipinski definition) is 7. The molecule has 0 aliphatic carbocycles. The summed E-state index contributed by atoms with van der Waals surface area (Å²) in [4.78, 5) is 30.1. The molecule has 10 nitrogen and oxygen atoms in total. The second-order valence-corrected chi connectivity index (χ2v) is 7.93. The maximum Gasteiger partial charge on any atom is 0.293 e. The summed E-state index contributed by atoms with van der Waals surface area (Å²) in [7, 11) is 1.71. The number of nitro benzene ring substituents is 1. The number of benzene rings is 1. The first-order valence-corrected chi connectivity index (χ1v) is 10.5. The van der Waals surface area contributed by atoms with Crippen molar-refractivity contribution in [1.82, 2.24) is 24.3 Å². The van der Waals surface area contributed by atoms with Crippen molar-refractivity contribution in [2.24, 2.45) is 7.05 Å². The van der Waals surface area contributed by atoms with Gasteiger partial charge in [0.15, 0.2) is 10.6 Å². The van der Waals surface area contributed by atoms with Crippen molar-refractivity contribution in [1.29, 1.82) is 0 Å². The van der Waals surface area contributed by atoms with Gasteiger partial charge in [-0.2, -0.15) is 5.10 Å². The van der Waals surface area contributed by atoms with Crippen molar-refractivity contribution in [3.8, 4) is 0 Å². The number of piperidine rings is 1. The van der Waals surface area contributed by atoms with Crippen LogP contribution in [0.3, 0.4) is 0 Å². The lowest BCUT2D eigenvalue weighted by Crippen LogP contribution is -2.34. The van der Waals surface area contributed by atoms with Crippen LogP contribution < -0.4 is 4.90 Å². The minimum absolute atomic E-state index is 0.0743. The van der Waals surface area contributed by atoms with Gasteiger partial charge < -0.3 is 14.0 Å². The van der Waals surface area contributed by atoms with Crippen LogP contribution in [-0.4, -0.2) is 48.1 Å². The highest BCUT2D eigenvalue weighted by atomic mass is 32.1. The number of aryl methyl sites for hydroxylation is 1. The summed E-state index contributed by atoms with van der Waals surface area (Å²) in [6, 6.07) is 4.64. The van der Waals surface area contributed by atoms with Crippen LogP contribution in [0.1, 0.15) is 47.7 Å². The number of H-pyrrole nitrogens is 1. The molecule has 4 rings (SSSR count). The van der Waals surface area contributed by atoms with Gasteiger partial charge in [0, 0.05) is 56.6 Å². The average molecular weight is 442 g/mol. The highest BCUT2D eigenvalue weighted by molar-refractivity contribution is 7.71. The van der Waals surface area contributed by atoms with E-state index >= 15 is 0 Å². The van der Waals surface area contributed by atoms with Gasteiger partial charge in [0.1, 0.15) is 11.5 Å². The zero-order valence-electron chi connectivity index (χ0n) is 17.3. The van der Waals surface area contributed by atoms with Gasteiger partial charge >= 0.3 is 0 Å². The third-order valence-electron chi connectivity index (χ3n) is 5.76. The molecular weight excluding hydrogens is 418 g/mol. The quantitative estimate of drug-likeness (QED) is 0.270. The van der Waals surface area contributed by atoms with Gasteiger partial charge in [-0.15, -0.1) is 0 Å². The van der Waals surface area contributed by atoms with Crippen LogP contribution in [0, 0.1) is 14.9 Å². The molecule has 1 aliphatic heterocycles. The molecule has 1 aromatic carbocycles. The van der Waals surface area contributed by atoms with E-state index in [1.54, 1.807) is 29.9 Å². The molecule has 0 saturated carbocycles. The lowest BCUT2D eigenvalue weighted by molar-refractivity contribution is -0.384. The molecular formula is C20H23N7O3S. The predicted molar refractivity (Wildman–Crippen MR) is 117 cm³/mol. The zero-order valence-corrected chi connectivity index (χ0v) is 18.1.